The smallest absolute Gasteiger partial charge is 0.308 e. The molecule has 0 amide bonds. The molecule has 0 aliphatic rings. The van der Waals surface area contributed by atoms with Crippen molar-refractivity contribution in [2.45, 2.75) is 6.92 Å². The van der Waals surface area contributed by atoms with Gasteiger partial charge in [0, 0.05) is 28.5 Å². The topological polar surface area (TPSA) is 48.4 Å². The Balaban J connectivity index is 2.14. The number of rotatable bonds is 2. The molecule has 4 heteroatoms. The molecule has 0 saturated carbocycles. The van der Waals surface area contributed by atoms with Crippen molar-refractivity contribution in [3.05, 3.63) is 54.6 Å². The van der Waals surface area contributed by atoms with Crippen LogP contribution in [-0.4, -0.2) is 18.1 Å². The molecule has 0 atom stereocenters. The standard InChI is InChI=1S/C20H15NO3/c1-12(22)24-19-10-14-9-13-5-3-4-6-18(13)21-20(14)16-8-7-15(23-2)11-17(16)19/h3-11H,1-2H3. The van der Waals surface area contributed by atoms with Crippen LogP contribution in [0.1, 0.15) is 6.92 Å². The molecular formula is C20H15NO3. The molecule has 0 unspecified atom stereocenters. The number of aromatic nitrogens is 1. The Morgan fingerprint density at radius 3 is 2.58 bits per heavy atom. The number of carbonyl (C=O) groups is 1. The number of hydrogen-bond donors (Lipinski definition) is 0. The highest BCUT2D eigenvalue weighted by atomic mass is 16.5. The van der Waals surface area contributed by atoms with E-state index in [9.17, 15) is 4.79 Å². The number of ether oxygens (including phenoxy) is 2. The van der Waals surface area contributed by atoms with Gasteiger partial charge in [-0.25, -0.2) is 4.98 Å². The van der Waals surface area contributed by atoms with Crippen molar-refractivity contribution >= 4 is 38.5 Å². The van der Waals surface area contributed by atoms with E-state index in [1.54, 1.807) is 7.11 Å². The van der Waals surface area contributed by atoms with Crippen LogP contribution in [-0.2, 0) is 4.79 Å². The third-order valence-corrected chi connectivity index (χ3v) is 4.04. The van der Waals surface area contributed by atoms with E-state index in [2.05, 4.69) is 6.07 Å². The Bertz CT molecular complexity index is 1100. The molecule has 1 aromatic heterocycles. The van der Waals surface area contributed by atoms with E-state index >= 15 is 0 Å². The third-order valence-electron chi connectivity index (χ3n) is 4.04. The van der Waals surface area contributed by atoms with Crippen LogP contribution in [0.2, 0.25) is 0 Å². The molecule has 0 fully saturated rings. The first kappa shape index (κ1) is 14.5. The molecule has 118 valence electrons. The van der Waals surface area contributed by atoms with E-state index < -0.39 is 0 Å². The largest absolute Gasteiger partial charge is 0.497 e. The maximum Gasteiger partial charge on any atom is 0.308 e. The second-order valence-corrected chi connectivity index (χ2v) is 5.63. The van der Waals surface area contributed by atoms with E-state index in [0.29, 0.717) is 11.5 Å². The van der Waals surface area contributed by atoms with Crippen molar-refractivity contribution in [1.82, 2.24) is 4.98 Å². The summed E-state index contributed by atoms with van der Waals surface area (Å²) in [6, 6.07) is 17.6. The van der Waals surface area contributed by atoms with Crippen LogP contribution in [0.5, 0.6) is 11.5 Å². The lowest BCUT2D eigenvalue weighted by Crippen LogP contribution is -2.02. The number of benzene rings is 3. The Morgan fingerprint density at radius 2 is 1.79 bits per heavy atom. The van der Waals surface area contributed by atoms with Gasteiger partial charge in [-0.1, -0.05) is 18.2 Å². The summed E-state index contributed by atoms with van der Waals surface area (Å²) in [6.45, 7) is 1.40. The van der Waals surface area contributed by atoms with Gasteiger partial charge in [0.25, 0.3) is 0 Å². The van der Waals surface area contributed by atoms with E-state index in [4.69, 9.17) is 14.5 Å². The summed E-state index contributed by atoms with van der Waals surface area (Å²) >= 11 is 0. The third kappa shape index (κ3) is 2.33. The predicted octanol–water partition coefficient (Wildman–Crippen LogP) is 4.48. The van der Waals surface area contributed by atoms with Gasteiger partial charge in [0.15, 0.2) is 0 Å². The van der Waals surface area contributed by atoms with Crippen molar-refractivity contribution in [2.24, 2.45) is 0 Å². The van der Waals surface area contributed by atoms with Crippen LogP contribution in [0.3, 0.4) is 0 Å². The SMILES string of the molecule is COc1ccc2c(c1)c(OC(C)=O)cc1cc3ccccc3nc12. The minimum atomic E-state index is -0.354. The van der Waals surface area contributed by atoms with Crippen molar-refractivity contribution in [2.75, 3.05) is 7.11 Å². The lowest BCUT2D eigenvalue weighted by molar-refractivity contribution is -0.131. The van der Waals surface area contributed by atoms with Crippen LogP contribution < -0.4 is 9.47 Å². The van der Waals surface area contributed by atoms with Gasteiger partial charge in [0.2, 0.25) is 0 Å². The van der Waals surface area contributed by atoms with Gasteiger partial charge in [-0.2, -0.15) is 0 Å². The molecule has 4 aromatic rings. The molecule has 0 N–H and O–H groups in total. The molecule has 3 aromatic carbocycles. The Morgan fingerprint density at radius 1 is 0.958 bits per heavy atom. The number of para-hydroxylation sites is 1. The summed E-state index contributed by atoms with van der Waals surface area (Å²) in [5, 5.41) is 3.71. The molecular weight excluding hydrogens is 302 g/mol. The number of hydrogen-bond acceptors (Lipinski definition) is 4. The average Bonchev–Trinajstić information content (AvgIpc) is 2.59. The molecule has 4 nitrogen and oxygen atoms in total. The van der Waals surface area contributed by atoms with Gasteiger partial charge in [-0.05, 0) is 36.4 Å². The van der Waals surface area contributed by atoms with Crippen LogP contribution in [0, 0.1) is 0 Å². The van der Waals surface area contributed by atoms with Crippen LogP contribution in [0.25, 0.3) is 32.6 Å². The van der Waals surface area contributed by atoms with E-state index in [-0.39, 0.29) is 5.97 Å². The average molecular weight is 317 g/mol. The fraction of sp³-hybridized carbons (Fsp3) is 0.100. The Kier molecular flexibility index (Phi) is 3.31. The zero-order valence-electron chi connectivity index (χ0n) is 13.4. The first-order valence-corrected chi connectivity index (χ1v) is 7.64. The van der Waals surface area contributed by atoms with Crippen molar-refractivity contribution in [3.63, 3.8) is 0 Å². The van der Waals surface area contributed by atoms with Crippen LogP contribution >= 0.6 is 0 Å². The quantitative estimate of drug-likeness (QED) is 0.237. The van der Waals surface area contributed by atoms with E-state index in [1.807, 2.05) is 48.5 Å². The van der Waals surface area contributed by atoms with Crippen LogP contribution in [0.4, 0.5) is 0 Å². The molecule has 0 bridgehead atoms. The second kappa shape index (κ2) is 5.49. The van der Waals surface area contributed by atoms with Gasteiger partial charge < -0.3 is 9.47 Å². The van der Waals surface area contributed by atoms with Crippen molar-refractivity contribution in [1.29, 1.82) is 0 Å². The fourth-order valence-corrected chi connectivity index (χ4v) is 2.98. The molecule has 0 aliphatic carbocycles. The number of pyridine rings is 1. The highest BCUT2D eigenvalue weighted by Crippen LogP contribution is 2.36. The minimum Gasteiger partial charge on any atom is -0.497 e. The molecule has 0 aliphatic heterocycles. The fourth-order valence-electron chi connectivity index (χ4n) is 2.98. The summed E-state index contributed by atoms with van der Waals surface area (Å²) in [7, 11) is 1.61. The van der Waals surface area contributed by atoms with Gasteiger partial charge >= 0.3 is 5.97 Å². The lowest BCUT2D eigenvalue weighted by Gasteiger charge is -2.11. The summed E-state index contributed by atoms with van der Waals surface area (Å²) in [4.78, 5) is 16.3. The molecule has 0 saturated heterocycles. The summed E-state index contributed by atoms with van der Waals surface area (Å²) in [5.74, 6) is 0.865. The van der Waals surface area contributed by atoms with Crippen molar-refractivity contribution < 1.29 is 14.3 Å². The van der Waals surface area contributed by atoms with Crippen molar-refractivity contribution in [3.8, 4) is 11.5 Å². The summed E-state index contributed by atoms with van der Waals surface area (Å²) in [5.41, 5.74) is 1.81. The second-order valence-electron chi connectivity index (χ2n) is 5.63. The highest BCUT2D eigenvalue weighted by Gasteiger charge is 2.12. The molecule has 4 rings (SSSR count). The number of nitrogens with zero attached hydrogens (tertiary/aromatic N) is 1. The maximum absolute atomic E-state index is 11.5. The molecule has 0 radical (unpaired) electrons. The first-order valence-electron chi connectivity index (χ1n) is 7.64. The van der Waals surface area contributed by atoms with Crippen LogP contribution in [0.15, 0.2) is 54.6 Å². The summed E-state index contributed by atoms with van der Waals surface area (Å²) in [6.07, 6.45) is 0. The zero-order valence-corrected chi connectivity index (χ0v) is 13.4. The normalized spacial score (nSPS) is 11.1. The first-order chi connectivity index (χ1) is 11.7. The van der Waals surface area contributed by atoms with E-state index in [0.717, 1.165) is 32.6 Å². The number of carbonyl (C=O) groups excluding carboxylic acids is 1. The lowest BCUT2D eigenvalue weighted by atomic mass is 10.0. The summed E-state index contributed by atoms with van der Waals surface area (Å²) < 4.78 is 10.7. The minimum absolute atomic E-state index is 0.354. The molecule has 24 heavy (non-hydrogen) atoms. The monoisotopic (exact) mass is 317 g/mol. The maximum atomic E-state index is 11.5. The van der Waals surface area contributed by atoms with E-state index in [1.165, 1.54) is 6.92 Å². The molecule has 0 spiro atoms. The highest BCUT2D eigenvalue weighted by molar-refractivity contribution is 6.11. The van der Waals surface area contributed by atoms with Gasteiger partial charge in [-0.15, -0.1) is 0 Å². The number of esters is 1. The van der Waals surface area contributed by atoms with Gasteiger partial charge in [-0.3, -0.25) is 4.79 Å². The number of fused-ring (bicyclic) bond motifs is 4. The van der Waals surface area contributed by atoms with Gasteiger partial charge in [0.1, 0.15) is 11.5 Å². The zero-order chi connectivity index (χ0) is 16.7. The Hall–Kier alpha value is -3.14. The van der Waals surface area contributed by atoms with Gasteiger partial charge in [0.05, 0.1) is 18.1 Å². The predicted molar refractivity (Wildman–Crippen MR) is 94.6 cm³/mol. The number of methoxy groups -OCH3 is 1. The Labute approximate surface area is 138 Å². The molecule has 1 heterocycles.